The Morgan fingerprint density at radius 3 is 2.18 bits per heavy atom. The van der Waals surface area contributed by atoms with Crippen LogP contribution in [0.15, 0.2) is 65.1 Å². The van der Waals surface area contributed by atoms with Gasteiger partial charge in [-0.15, -0.1) is 11.8 Å². The highest BCUT2D eigenvalue weighted by molar-refractivity contribution is 8.00. The molecule has 0 saturated carbocycles. The first-order valence-corrected chi connectivity index (χ1v) is 8.24. The van der Waals surface area contributed by atoms with Crippen molar-refractivity contribution in [1.29, 1.82) is 0 Å². The molecule has 0 aliphatic heterocycles. The van der Waals surface area contributed by atoms with Crippen molar-refractivity contribution in [2.75, 3.05) is 0 Å². The first-order valence-electron chi connectivity index (χ1n) is 7.43. The first-order chi connectivity index (χ1) is 10.4. The lowest BCUT2D eigenvalue weighted by molar-refractivity contribution is 0.103. The number of thioether (sulfide) groups is 1. The normalized spacial score (nSPS) is 12.3. The van der Waals surface area contributed by atoms with Gasteiger partial charge in [-0.05, 0) is 30.2 Å². The van der Waals surface area contributed by atoms with Crippen molar-refractivity contribution in [2.24, 2.45) is 0 Å². The number of Topliss-reactive ketones (excluding diaryl/α,β-unsaturated/α-hetero) is 1. The number of hydrogen-bond acceptors (Lipinski definition) is 2. The van der Waals surface area contributed by atoms with E-state index in [-0.39, 0.29) is 10.5 Å². The Labute approximate surface area is 137 Å². The number of hydrogen-bond donors (Lipinski definition) is 0. The number of carbonyl (C=O) groups excluding carboxylic acids is 1. The third kappa shape index (κ3) is 4.60. The molecule has 1 nitrogen and oxygen atoms in total. The summed E-state index contributed by atoms with van der Waals surface area (Å²) in [5.74, 6) is 0.0798. The van der Waals surface area contributed by atoms with Crippen LogP contribution in [0.5, 0.6) is 0 Å². The molecule has 0 heterocycles. The zero-order chi connectivity index (χ0) is 16.2. The lowest BCUT2D eigenvalue weighted by atomic mass is 10.0. The summed E-state index contributed by atoms with van der Waals surface area (Å²) in [5.41, 5.74) is 2.59. The molecule has 0 bridgehead atoms. The van der Waals surface area contributed by atoms with E-state index in [2.05, 4.69) is 32.9 Å². The van der Waals surface area contributed by atoms with E-state index in [4.69, 9.17) is 0 Å². The van der Waals surface area contributed by atoms with Crippen LogP contribution in [0.25, 0.3) is 6.08 Å². The second-order valence-electron chi connectivity index (χ2n) is 6.27. The molecular formula is C20H22OS. The number of rotatable bonds is 4. The molecule has 114 valence electrons. The molecule has 2 rings (SSSR count). The highest BCUT2D eigenvalue weighted by Crippen LogP contribution is 2.35. The lowest BCUT2D eigenvalue weighted by Gasteiger charge is -2.19. The molecule has 0 unspecified atom stereocenters. The molecule has 22 heavy (non-hydrogen) atoms. The minimum atomic E-state index is 0.0798. The van der Waals surface area contributed by atoms with Gasteiger partial charge in [0, 0.05) is 15.2 Å². The van der Waals surface area contributed by atoms with E-state index < -0.39 is 0 Å². The highest BCUT2D eigenvalue weighted by atomic mass is 32.2. The molecule has 0 N–H and O–H groups in total. The molecule has 0 atom stereocenters. The molecule has 2 aromatic rings. The van der Waals surface area contributed by atoms with E-state index in [0.717, 1.165) is 16.7 Å². The van der Waals surface area contributed by atoms with Crippen molar-refractivity contribution in [2.45, 2.75) is 37.3 Å². The summed E-state index contributed by atoms with van der Waals surface area (Å²) in [6.07, 6.45) is 1.99. The molecule has 2 heteroatoms. The Balaban J connectivity index is 2.31. The Bertz CT molecular complexity index is 678. The lowest BCUT2D eigenvalue weighted by Crippen LogP contribution is -2.07. The van der Waals surface area contributed by atoms with Gasteiger partial charge < -0.3 is 0 Å². The van der Waals surface area contributed by atoms with E-state index in [0.29, 0.717) is 0 Å². The molecule has 0 spiro atoms. The molecule has 0 aromatic heterocycles. The molecule has 0 radical (unpaired) electrons. The average molecular weight is 310 g/mol. The largest absolute Gasteiger partial charge is 0.289 e. The Morgan fingerprint density at radius 1 is 0.955 bits per heavy atom. The van der Waals surface area contributed by atoms with Gasteiger partial charge in [-0.25, -0.2) is 0 Å². The predicted molar refractivity (Wildman–Crippen MR) is 96.5 cm³/mol. The van der Waals surface area contributed by atoms with Crippen molar-refractivity contribution >= 4 is 23.6 Å². The average Bonchev–Trinajstić information content (AvgIpc) is 2.48. The molecule has 0 amide bonds. The monoisotopic (exact) mass is 310 g/mol. The van der Waals surface area contributed by atoms with Crippen LogP contribution in [-0.4, -0.2) is 10.5 Å². The summed E-state index contributed by atoms with van der Waals surface area (Å²) in [6.45, 7) is 8.47. The standard InChI is InChI=1S/C20H22OS/c1-15(19(21)16-10-6-5-7-11-16)14-17-12-8-9-13-18(17)22-20(2,3)4/h5-14H,1-4H3/b15-14+. The second-order valence-corrected chi connectivity index (χ2v) is 8.14. The third-order valence-electron chi connectivity index (χ3n) is 3.10. The van der Waals surface area contributed by atoms with E-state index in [1.165, 1.54) is 4.90 Å². The maximum Gasteiger partial charge on any atom is 0.188 e. The number of allylic oxidation sites excluding steroid dienone is 1. The van der Waals surface area contributed by atoms with Gasteiger partial charge in [0.25, 0.3) is 0 Å². The van der Waals surface area contributed by atoms with Crippen LogP contribution in [0.4, 0.5) is 0 Å². The summed E-state index contributed by atoms with van der Waals surface area (Å²) in [4.78, 5) is 13.7. The number of benzene rings is 2. The number of ketones is 1. The van der Waals surface area contributed by atoms with Crippen LogP contribution in [0.1, 0.15) is 43.6 Å². The van der Waals surface area contributed by atoms with E-state index >= 15 is 0 Å². The van der Waals surface area contributed by atoms with Crippen LogP contribution in [0.3, 0.4) is 0 Å². The van der Waals surface area contributed by atoms with Crippen LogP contribution in [0.2, 0.25) is 0 Å². The summed E-state index contributed by atoms with van der Waals surface area (Å²) in [6, 6.07) is 17.7. The molecular weight excluding hydrogens is 288 g/mol. The quantitative estimate of drug-likeness (QED) is 0.399. The molecule has 0 fully saturated rings. The summed E-state index contributed by atoms with van der Waals surface area (Å²) >= 11 is 1.82. The second kappa shape index (κ2) is 6.97. The maximum absolute atomic E-state index is 12.5. The summed E-state index contributed by atoms with van der Waals surface area (Å²) in [7, 11) is 0. The van der Waals surface area contributed by atoms with Crippen molar-refractivity contribution in [3.8, 4) is 0 Å². The smallest absolute Gasteiger partial charge is 0.188 e. The van der Waals surface area contributed by atoms with Crippen LogP contribution in [0, 0.1) is 0 Å². The number of carbonyl (C=O) groups is 1. The zero-order valence-electron chi connectivity index (χ0n) is 13.6. The Kier molecular flexibility index (Phi) is 5.25. The van der Waals surface area contributed by atoms with Gasteiger partial charge in [-0.3, -0.25) is 4.79 Å². The fourth-order valence-electron chi connectivity index (χ4n) is 2.14. The van der Waals surface area contributed by atoms with Crippen LogP contribution >= 0.6 is 11.8 Å². The maximum atomic E-state index is 12.5. The molecule has 0 saturated heterocycles. The fourth-order valence-corrected chi connectivity index (χ4v) is 3.19. The van der Waals surface area contributed by atoms with E-state index in [1.807, 2.05) is 67.2 Å². The predicted octanol–water partition coefficient (Wildman–Crippen LogP) is 5.86. The van der Waals surface area contributed by atoms with Gasteiger partial charge in [0.15, 0.2) is 5.78 Å². The van der Waals surface area contributed by atoms with Crippen molar-refractivity contribution in [3.05, 3.63) is 71.3 Å². The van der Waals surface area contributed by atoms with Crippen LogP contribution in [-0.2, 0) is 0 Å². The summed E-state index contributed by atoms with van der Waals surface area (Å²) < 4.78 is 0.140. The fraction of sp³-hybridized carbons (Fsp3) is 0.250. The van der Waals surface area contributed by atoms with Gasteiger partial charge in [0.1, 0.15) is 0 Å². The molecule has 0 aliphatic rings. The minimum Gasteiger partial charge on any atom is -0.289 e. The van der Waals surface area contributed by atoms with E-state index in [9.17, 15) is 4.79 Å². The van der Waals surface area contributed by atoms with E-state index in [1.54, 1.807) is 0 Å². The molecule has 2 aromatic carbocycles. The minimum absolute atomic E-state index is 0.0798. The first kappa shape index (κ1) is 16.6. The highest BCUT2D eigenvalue weighted by Gasteiger charge is 2.14. The topological polar surface area (TPSA) is 17.1 Å². The SMILES string of the molecule is C/C(=C\c1ccccc1SC(C)(C)C)C(=O)c1ccccc1. The van der Waals surface area contributed by atoms with Gasteiger partial charge in [-0.2, -0.15) is 0 Å². The zero-order valence-corrected chi connectivity index (χ0v) is 14.4. The van der Waals surface area contributed by atoms with Gasteiger partial charge in [-0.1, -0.05) is 69.3 Å². The Morgan fingerprint density at radius 2 is 1.55 bits per heavy atom. The molecule has 0 aliphatic carbocycles. The van der Waals surface area contributed by atoms with Gasteiger partial charge in [0.2, 0.25) is 0 Å². The van der Waals surface area contributed by atoms with Crippen molar-refractivity contribution < 1.29 is 4.79 Å². The van der Waals surface area contributed by atoms with Gasteiger partial charge in [0.05, 0.1) is 0 Å². The Hall–Kier alpha value is -1.80. The van der Waals surface area contributed by atoms with Gasteiger partial charge >= 0.3 is 0 Å². The van der Waals surface area contributed by atoms with Crippen LogP contribution < -0.4 is 0 Å². The third-order valence-corrected chi connectivity index (χ3v) is 4.31. The van der Waals surface area contributed by atoms with Crippen molar-refractivity contribution in [3.63, 3.8) is 0 Å². The van der Waals surface area contributed by atoms with Crippen molar-refractivity contribution in [1.82, 2.24) is 0 Å². The summed E-state index contributed by atoms with van der Waals surface area (Å²) in [5, 5.41) is 0.